The molecule has 0 aliphatic carbocycles. The van der Waals surface area contributed by atoms with Crippen molar-refractivity contribution in [3.8, 4) is 0 Å². The zero-order valence-electron chi connectivity index (χ0n) is 13.1. The van der Waals surface area contributed by atoms with E-state index in [9.17, 15) is 9.18 Å². The topological polar surface area (TPSA) is 52.6 Å². The van der Waals surface area contributed by atoms with Gasteiger partial charge in [-0.25, -0.2) is 4.39 Å². The van der Waals surface area contributed by atoms with Crippen molar-refractivity contribution < 1.29 is 14.3 Å². The molecule has 5 heteroatoms. The highest BCUT2D eigenvalue weighted by Gasteiger charge is 2.30. The number of likely N-dealkylation sites (tertiary alicyclic amines) is 1. The van der Waals surface area contributed by atoms with Gasteiger partial charge in [0, 0.05) is 19.7 Å². The maximum atomic E-state index is 12.9. The van der Waals surface area contributed by atoms with Crippen LogP contribution >= 0.6 is 0 Å². The summed E-state index contributed by atoms with van der Waals surface area (Å²) in [4.78, 5) is 14.5. The predicted octanol–water partition coefficient (Wildman–Crippen LogP) is 1.92. The van der Waals surface area contributed by atoms with Crippen LogP contribution in [0.15, 0.2) is 24.3 Å². The first kappa shape index (κ1) is 16.9. The van der Waals surface area contributed by atoms with Gasteiger partial charge in [-0.2, -0.15) is 0 Å². The molecular weight excluding hydrogens is 283 g/mol. The van der Waals surface area contributed by atoms with Crippen LogP contribution in [0.25, 0.3) is 0 Å². The van der Waals surface area contributed by atoms with Gasteiger partial charge in [0.15, 0.2) is 0 Å². The molecule has 1 aliphatic rings. The number of nitrogens with one attached hydrogen (secondary N) is 1. The van der Waals surface area contributed by atoms with Crippen LogP contribution in [0.5, 0.6) is 0 Å². The molecule has 1 saturated heterocycles. The molecule has 22 heavy (non-hydrogen) atoms. The van der Waals surface area contributed by atoms with E-state index in [4.69, 9.17) is 5.11 Å². The molecule has 2 atom stereocenters. The fourth-order valence-corrected chi connectivity index (χ4v) is 2.85. The third-order valence-electron chi connectivity index (χ3n) is 4.21. The summed E-state index contributed by atoms with van der Waals surface area (Å²) in [6.45, 7) is 4.32. The number of nitrogens with zero attached hydrogens (tertiary/aromatic N) is 1. The predicted molar refractivity (Wildman–Crippen MR) is 83.7 cm³/mol. The Morgan fingerprint density at radius 3 is 2.86 bits per heavy atom. The number of amides is 1. The lowest BCUT2D eigenvalue weighted by Gasteiger charge is -2.24. The van der Waals surface area contributed by atoms with Gasteiger partial charge in [0.25, 0.3) is 0 Å². The zero-order valence-corrected chi connectivity index (χ0v) is 13.1. The molecule has 0 saturated carbocycles. The molecule has 0 aromatic heterocycles. The van der Waals surface area contributed by atoms with E-state index in [1.165, 1.54) is 12.1 Å². The smallest absolute Gasteiger partial charge is 0.237 e. The number of aliphatic hydroxyl groups is 1. The van der Waals surface area contributed by atoms with E-state index in [1.54, 1.807) is 12.1 Å². The summed E-state index contributed by atoms with van der Waals surface area (Å²) in [5.41, 5.74) is 1.02. The highest BCUT2D eigenvalue weighted by Crippen LogP contribution is 2.20. The zero-order chi connectivity index (χ0) is 15.9. The van der Waals surface area contributed by atoms with Crippen LogP contribution in [-0.4, -0.2) is 41.7 Å². The van der Waals surface area contributed by atoms with Crippen molar-refractivity contribution in [1.29, 1.82) is 0 Å². The fraction of sp³-hybridized carbons (Fsp3) is 0.588. The summed E-state index contributed by atoms with van der Waals surface area (Å²) in [5.74, 6) is 0.0997. The van der Waals surface area contributed by atoms with Crippen LogP contribution in [-0.2, 0) is 11.3 Å². The second kappa shape index (κ2) is 8.25. The van der Waals surface area contributed by atoms with Gasteiger partial charge in [-0.15, -0.1) is 0 Å². The average molecular weight is 308 g/mol. The van der Waals surface area contributed by atoms with E-state index >= 15 is 0 Å². The maximum absolute atomic E-state index is 12.9. The first-order chi connectivity index (χ1) is 10.6. The Balaban J connectivity index is 1.86. The molecule has 1 aromatic carbocycles. The van der Waals surface area contributed by atoms with Crippen LogP contribution in [0, 0.1) is 11.7 Å². The van der Waals surface area contributed by atoms with Gasteiger partial charge in [0.1, 0.15) is 5.82 Å². The minimum atomic E-state index is -0.239. The molecule has 1 aliphatic heterocycles. The Morgan fingerprint density at radius 2 is 2.18 bits per heavy atom. The van der Waals surface area contributed by atoms with Crippen molar-refractivity contribution in [3.05, 3.63) is 35.6 Å². The van der Waals surface area contributed by atoms with Gasteiger partial charge in [-0.1, -0.05) is 19.1 Å². The van der Waals surface area contributed by atoms with Crippen LogP contribution in [0.2, 0.25) is 0 Å². The van der Waals surface area contributed by atoms with Gasteiger partial charge in [-0.05, 0) is 49.4 Å². The summed E-state index contributed by atoms with van der Waals surface area (Å²) >= 11 is 0. The summed E-state index contributed by atoms with van der Waals surface area (Å²) in [7, 11) is 0. The number of carbonyl (C=O) groups is 1. The Morgan fingerprint density at radius 1 is 1.45 bits per heavy atom. The van der Waals surface area contributed by atoms with E-state index in [2.05, 4.69) is 10.2 Å². The third kappa shape index (κ3) is 4.78. The van der Waals surface area contributed by atoms with Crippen molar-refractivity contribution in [3.63, 3.8) is 0 Å². The lowest BCUT2D eigenvalue weighted by atomic mass is 10.1. The molecular formula is C17H25FN2O2. The van der Waals surface area contributed by atoms with Crippen molar-refractivity contribution in [2.24, 2.45) is 5.92 Å². The van der Waals surface area contributed by atoms with Crippen molar-refractivity contribution in [1.82, 2.24) is 10.2 Å². The van der Waals surface area contributed by atoms with Crippen molar-refractivity contribution in [2.75, 3.05) is 19.7 Å². The van der Waals surface area contributed by atoms with Gasteiger partial charge in [0.2, 0.25) is 5.91 Å². The lowest BCUT2D eigenvalue weighted by Crippen LogP contribution is -2.44. The first-order valence-electron chi connectivity index (χ1n) is 7.97. The quantitative estimate of drug-likeness (QED) is 0.809. The highest BCUT2D eigenvalue weighted by molar-refractivity contribution is 5.82. The number of rotatable bonds is 7. The van der Waals surface area contributed by atoms with E-state index < -0.39 is 0 Å². The van der Waals surface area contributed by atoms with E-state index in [1.807, 2.05) is 6.92 Å². The Bertz CT molecular complexity index is 478. The van der Waals surface area contributed by atoms with E-state index in [-0.39, 0.29) is 30.3 Å². The molecule has 122 valence electrons. The molecule has 2 rings (SSSR count). The van der Waals surface area contributed by atoms with E-state index in [0.29, 0.717) is 19.5 Å². The molecule has 0 bridgehead atoms. The summed E-state index contributed by atoms with van der Waals surface area (Å²) in [5, 5.41) is 11.9. The second-order valence-corrected chi connectivity index (χ2v) is 6.12. The van der Waals surface area contributed by atoms with Gasteiger partial charge in [0.05, 0.1) is 6.04 Å². The average Bonchev–Trinajstić information content (AvgIpc) is 2.96. The monoisotopic (exact) mass is 308 g/mol. The largest absolute Gasteiger partial charge is 0.396 e. The number of halogens is 1. The normalized spacial score (nSPS) is 20.0. The Hall–Kier alpha value is -1.46. The summed E-state index contributed by atoms with van der Waals surface area (Å²) in [6, 6.07) is 6.35. The Labute approximate surface area is 131 Å². The van der Waals surface area contributed by atoms with E-state index in [0.717, 1.165) is 24.9 Å². The number of hydrogen-bond acceptors (Lipinski definition) is 3. The minimum absolute atomic E-state index is 0.0596. The highest BCUT2D eigenvalue weighted by atomic mass is 19.1. The molecule has 1 heterocycles. The molecule has 2 unspecified atom stereocenters. The first-order valence-corrected chi connectivity index (χ1v) is 7.97. The standard InChI is InChI=1S/C17H25FN2O2/c1-13(8-10-21)11-19-17(22)16-3-2-9-20(16)12-14-4-6-15(18)7-5-14/h4-7,13,16,21H,2-3,8-12H2,1H3,(H,19,22). The Kier molecular flexibility index (Phi) is 6.34. The van der Waals surface area contributed by atoms with Crippen molar-refractivity contribution in [2.45, 2.75) is 38.8 Å². The van der Waals surface area contributed by atoms with Crippen molar-refractivity contribution >= 4 is 5.91 Å². The van der Waals surface area contributed by atoms with Crippen LogP contribution < -0.4 is 5.32 Å². The number of hydrogen-bond donors (Lipinski definition) is 2. The molecule has 1 fully saturated rings. The summed E-state index contributed by atoms with van der Waals surface area (Å²) < 4.78 is 12.9. The molecule has 2 N–H and O–H groups in total. The number of aliphatic hydroxyl groups excluding tert-OH is 1. The maximum Gasteiger partial charge on any atom is 0.237 e. The number of carbonyl (C=O) groups excluding carboxylic acids is 1. The molecule has 1 aromatic rings. The van der Waals surface area contributed by atoms with Gasteiger partial charge < -0.3 is 10.4 Å². The van der Waals surface area contributed by atoms with Crippen LogP contribution in [0.4, 0.5) is 4.39 Å². The van der Waals surface area contributed by atoms with Gasteiger partial charge in [-0.3, -0.25) is 9.69 Å². The fourth-order valence-electron chi connectivity index (χ4n) is 2.85. The second-order valence-electron chi connectivity index (χ2n) is 6.12. The molecule has 0 radical (unpaired) electrons. The van der Waals surface area contributed by atoms with Crippen LogP contribution in [0.3, 0.4) is 0 Å². The summed E-state index contributed by atoms with van der Waals surface area (Å²) in [6.07, 6.45) is 2.57. The number of benzene rings is 1. The molecule has 0 spiro atoms. The lowest BCUT2D eigenvalue weighted by molar-refractivity contribution is -0.125. The van der Waals surface area contributed by atoms with Gasteiger partial charge >= 0.3 is 0 Å². The SMILES string of the molecule is CC(CCO)CNC(=O)C1CCCN1Cc1ccc(F)cc1. The molecule has 1 amide bonds. The van der Waals surface area contributed by atoms with Crippen LogP contribution in [0.1, 0.15) is 31.7 Å². The molecule has 4 nitrogen and oxygen atoms in total. The minimum Gasteiger partial charge on any atom is -0.396 e. The third-order valence-corrected chi connectivity index (χ3v) is 4.21.